The van der Waals surface area contributed by atoms with Crippen LogP contribution in [0.15, 0.2) is 54.7 Å². The van der Waals surface area contributed by atoms with Gasteiger partial charge in [-0.2, -0.15) is 0 Å². The SMILES string of the molecule is Cc1cnnn1-c1ccc(C(=O)Nc2ccc(C(C)C)cc2)cc1. The Kier molecular flexibility index (Phi) is 4.42. The molecule has 5 nitrogen and oxygen atoms in total. The van der Waals surface area contributed by atoms with E-state index in [-0.39, 0.29) is 5.91 Å². The molecule has 0 atom stereocenters. The normalized spacial score (nSPS) is 10.8. The highest BCUT2D eigenvalue weighted by molar-refractivity contribution is 6.04. The smallest absolute Gasteiger partial charge is 0.255 e. The van der Waals surface area contributed by atoms with Gasteiger partial charge in [0, 0.05) is 11.3 Å². The van der Waals surface area contributed by atoms with Crippen LogP contribution in [-0.2, 0) is 0 Å². The van der Waals surface area contributed by atoms with Crippen LogP contribution in [0, 0.1) is 6.92 Å². The zero-order valence-corrected chi connectivity index (χ0v) is 14.0. The molecule has 2 aromatic carbocycles. The van der Waals surface area contributed by atoms with Crippen LogP contribution in [0.3, 0.4) is 0 Å². The van der Waals surface area contributed by atoms with Gasteiger partial charge < -0.3 is 5.32 Å². The molecule has 0 saturated heterocycles. The molecule has 0 spiro atoms. The fraction of sp³-hybridized carbons (Fsp3) is 0.211. The Bertz CT molecular complexity index is 833. The Balaban J connectivity index is 1.72. The first-order valence-electron chi connectivity index (χ1n) is 7.93. The summed E-state index contributed by atoms with van der Waals surface area (Å²) in [7, 11) is 0. The molecule has 5 heteroatoms. The standard InChI is InChI=1S/C19H20N4O/c1-13(2)15-4-8-17(9-5-15)21-19(24)16-6-10-18(11-7-16)23-14(3)12-20-22-23/h4-13H,1-3H3,(H,21,24). The average molecular weight is 320 g/mol. The largest absolute Gasteiger partial charge is 0.322 e. The second-order valence-corrected chi connectivity index (χ2v) is 6.06. The third kappa shape index (κ3) is 3.35. The van der Waals surface area contributed by atoms with E-state index in [9.17, 15) is 4.79 Å². The highest BCUT2D eigenvalue weighted by atomic mass is 16.1. The molecule has 3 rings (SSSR count). The molecule has 0 fully saturated rings. The lowest BCUT2D eigenvalue weighted by atomic mass is 10.0. The van der Waals surface area contributed by atoms with Crippen LogP contribution in [0.4, 0.5) is 5.69 Å². The van der Waals surface area contributed by atoms with E-state index in [0.717, 1.165) is 17.1 Å². The molecular weight excluding hydrogens is 300 g/mol. The zero-order chi connectivity index (χ0) is 17.1. The molecule has 0 aliphatic rings. The molecular formula is C19H20N4O. The number of anilines is 1. The number of rotatable bonds is 4. The van der Waals surface area contributed by atoms with Gasteiger partial charge in [0.25, 0.3) is 5.91 Å². The van der Waals surface area contributed by atoms with Crippen LogP contribution >= 0.6 is 0 Å². The molecule has 0 bridgehead atoms. The van der Waals surface area contributed by atoms with Gasteiger partial charge in [0.05, 0.1) is 17.6 Å². The monoisotopic (exact) mass is 320 g/mol. The van der Waals surface area contributed by atoms with Gasteiger partial charge in [-0.05, 0) is 54.8 Å². The molecule has 0 unspecified atom stereocenters. The van der Waals surface area contributed by atoms with Gasteiger partial charge in [0.1, 0.15) is 0 Å². The number of nitrogens with zero attached hydrogens (tertiary/aromatic N) is 3. The molecule has 0 aliphatic carbocycles. The number of carbonyl (C=O) groups is 1. The van der Waals surface area contributed by atoms with Crippen molar-refractivity contribution in [2.24, 2.45) is 0 Å². The second kappa shape index (κ2) is 6.66. The van der Waals surface area contributed by atoms with Gasteiger partial charge in [-0.25, -0.2) is 4.68 Å². The van der Waals surface area contributed by atoms with Crippen molar-refractivity contribution in [3.63, 3.8) is 0 Å². The van der Waals surface area contributed by atoms with E-state index < -0.39 is 0 Å². The minimum Gasteiger partial charge on any atom is -0.322 e. The quantitative estimate of drug-likeness (QED) is 0.792. The van der Waals surface area contributed by atoms with Crippen molar-refractivity contribution in [1.82, 2.24) is 15.0 Å². The molecule has 0 radical (unpaired) electrons. The fourth-order valence-corrected chi connectivity index (χ4v) is 2.45. The summed E-state index contributed by atoms with van der Waals surface area (Å²) in [5.74, 6) is 0.344. The first kappa shape index (κ1) is 15.9. The van der Waals surface area contributed by atoms with Crippen LogP contribution in [0.5, 0.6) is 0 Å². The summed E-state index contributed by atoms with van der Waals surface area (Å²) in [6.07, 6.45) is 1.70. The minimum absolute atomic E-state index is 0.130. The number of carbonyl (C=O) groups excluding carboxylic acids is 1. The predicted octanol–water partition coefficient (Wildman–Crippen LogP) is 3.95. The van der Waals surface area contributed by atoms with Crippen molar-refractivity contribution in [2.45, 2.75) is 26.7 Å². The molecule has 1 heterocycles. The molecule has 1 aromatic heterocycles. The number of hydrogen-bond acceptors (Lipinski definition) is 3. The molecule has 24 heavy (non-hydrogen) atoms. The molecule has 0 saturated carbocycles. The van der Waals surface area contributed by atoms with Crippen molar-refractivity contribution < 1.29 is 4.79 Å². The van der Waals surface area contributed by atoms with E-state index in [1.165, 1.54) is 5.56 Å². The van der Waals surface area contributed by atoms with E-state index in [0.29, 0.717) is 11.5 Å². The van der Waals surface area contributed by atoms with Crippen molar-refractivity contribution in [2.75, 3.05) is 5.32 Å². The number of aryl methyl sites for hydroxylation is 1. The number of nitrogens with one attached hydrogen (secondary N) is 1. The lowest BCUT2D eigenvalue weighted by Crippen LogP contribution is -2.12. The fourth-order valence-electron chi connectivity index (χ4n) is 2.45. The Labute approximate surface area is 141 Å². The summed E-state index contributed by atoms with van der Waals surface area (Å²) in [4.78, 5) is 12.4. The molecule has 122 valence electrons. The molecule has 0 aliphatic heterocycles. The Morgan fingerprint density at radius 3 is 2.25 bits per heavy atom. The summed E-state index contributed by atoms with van der Waals surface area (Å²) in [5, 5.41) is 10.8. The van der Waals surface area contributed by atoms with Gasteiger partial charge in [0.2, 0.25) is 0 Å². The third-order valence-electron chi connectivity index (χ3n) is 3.93. The van der Waals surface area contributed by atoms with Crippen molar-refractivity contribution in [1.29, 1.82) is 0 Å². The number of hydrogen-bond donors (Lipinski definition) is 1. The maximum absolute atomic E-state index is 12.4. The lowest BCUT2D eigenvalue weighted by molar-refractivity contribution is 0.102. The van der Waals surface area contributed by atoms with E-state index in [2.05, 4.69) is 29.5 Å². The topological polar surface area (TPSA) is 59.8 Å². The maximum atomic E-state index is 12.4. The summed E-state index contributed by atoms with van der Waals surface area (Å²) >= 11 is 0. The summed E-state index contributed by atoms with van der Waals surface area (Å²) < 4.78 is 1.73. The second-order valence-electron chi connectivity index (χ2n) is 6.06. The molecule has 1 N–H and O–H groups in total. The average Bonchev–Trinajstić information content (AvgIpc) is 3.01. The van der Waals surface area contributed by atoms with Gasteiger partial charge in [-0.3, -0.25) is 4.79 Å². The highest BCUT2D eigenvalue weighted by Crippen LogP contribution is 2.18. The Morgan fingerprint density at radius 1 is 1.04 bits per heavy atom. The number of benzene rings is 2. The minimum atomic E-state index is -0.130. The van der Waals surface area contributed by atoms with E-state index in [1.54, 1.807) is 23.0 Å². The maximum Gasteiger partial charge on any atom is 0.255 e. The first-order valence-corrected chi connectivity index (χ1v) is 7.93. The third-order valence-corrected chi connectivity index (χ3v) is 3.93. The van der Waals surface area contributed by atoms with Crippen LogP contribution in [0.1, 0.15) is 41.4 Å². The van der Waals surface area contributed by atoms with Crippen molar-refractivity contribution >= 4 is 11.6 Å². The van der Waals surface area contributed by atoms with Gasteiger partial charge in [0.15, 0.2) is 0 Å². The van der Waals surface area contributed by atoms with Crippen LogP contribution in [0.2, 0.25) is 0 Å². The van der Waals surface area contributed by atoms with Gasteiger partial charge in [-0.1, -0.05) is 31.2 Å². The van der Waals surface area contributed by atoms with Gasteiger partial charge >= 0.3 is 0 Å². The summed E-state index contributed by atoms with van der Waals surface area (Å²) in [6.45, 7) is 6.22. The predicted molar refractivity (Wildman–Crippen MR) is 94.6 cm³/mol. The molecule has 3 aromatic rings. The van der Waals surface area contributed by atoms with E-state index in [1.807, 2.05) is 43.3 Å². The summed E-state index contributed by atoms with van der Waals surface area (Å²) in [5.41, 5.74) is 4.46. The zero-order valence-electron chi connectivity index (χ0n) is 14.0. The van der Waals surface area contributed by atoms with Crippen LogP contribution < -0.4 is 5.32 Å². The lowest BCUT2D eigenvalue weighted by Gasteiger charge is -2.09. The Hall–Kier alpha value is -2.95. The number of amides is 1. The number of aromatic nitrogens is 3. The van der Waals surface area contributed by atoms with Crippen molar-refractivity contribution in [3.05, 3.63) is 71.5 Å². The summed E-state index contributed by atoms with van der Waals surface area (Å²) in [6, 6.07) is 15.2. The van der Waals surface area contributed by atoms with Crippen LogP contribution in [-0.4, -0.2) is 20.9 Å². The van der Waals surface area contributed by atoms with E-state index in [4.69, 9.17) is 0 Å². The first-order chi connectivity index (χ1) is 11.5. The molecule has 1 amide bonds. The van der Waals surface area contributed by atoms with Crippen molar-refractivity contribution in [3.8, 4) is 5.69 Å². The van der Waals surface area contributed by atoms with E-state index >= 15 is 0 Å². The highest BCUT2D eigenvalue weighted by Gasteiger charge is 2.08. The van der Waals surface area contributed by atoms with Gasteiger partial charge in [-0.15, -0.1) is 5.10 Å². The Morgan fingerprint density at radius 2 is 1.71 bits per heavy atom. The van der Waals surface area contributed by atoms with Crippen LogP contribution in [0.25, 0.3) is 5.69 Å².